The standard InChI is InChI=1S/C12H18O2/c1-2-5-11(13)9-8-10-6-3-4-7-12(10)14/h6H,2-5,7-9H2,1H3. The van der Waals surface area contributed by atoms with Crippen LogP contribution in [0.5, 0.6) is 0 Å². The van der Waals surface area contributed by atoms with Gasteiger partial charge < -0.3 is 0 Å². The average Bonchev–Trinajstić information content (AvgIpc) is 2.17. The Balaban J connectivity index is 2.33. The van der Waals surface area contributed by atoms with Crippen molar-refractivity contribution in [3.05, 3.63) is 11.6 Å². The van der Waals surface area contributed by atoms with Crippen molar-refractivity contribution in [1.29, 1.82) is 0 Å². The largest absolute Gasteiger partial charge is 0.300 e. The van der Waals surface area contributed by atoms with Gasteiger partial charge in [-0.25, -0.2) is 0 Å². The first-order chi connectivity index (χ1) is 6.74. The molecule has 1 aliphatic rings. The van der Waals surface area contributed by atoms with Crippen LogP contribution in [0.25, 0.3) is 0 Å². The van der Waals surface area contributed by atoms with Gasteiger partial charge in [-0.3, -0.25) is 9.59 Å². The summed E-state index contributed by atoms with van der Waals surface area (Å²) in [6, 6.07) is 0. The number of ketones is 2. The summed E-state index contributed by atoms with van der Waals surface area (Å²) >= 11 is 0. The minimum absolute atomic E-state index is 0.251. The number of hydrogen-bond acceptors (Lipinski definition) is 2. The highest BCUT2D eigenvalue weighted by molar-refractivity contribution is 5.96. The van der Waals surface area contributed by atoms with Gasteiger partial charge in [-0.1, -0.05) is 13.0 Å². The van der Waals surface area contributed by atoms with Crippen LogP contribution < -0.4 is 0 Å². The third-order valence-corrected chi connectivity index (χ3v) is 2.56. The molecule has 0 aromatic rings. The molecule has 2 nitrogen and oxygen atoms in total. The Morgan fingerprint density at radius 3 is 2.86 bits per heavy atom. The van der Waals surface area contributed by atoms with Gasteiger partial charge in [-0.05, 0) is 31.3 Å². The van der Waals surface area contributed by atoms with Gasteiger partial charge in [0.2, 0.25) is 0 Å². The zero-order valence-corrected chi connectivity index (χ0v) is 8.84. The van der Waals surface area contributed by atoms with Crippen molar-refractivity contribution in [3.63, 3.8) is 0 Å². The second-order valence-electron chi connectivity index (χ2n) is 3.83. The van der Waals surface area contributed by atoms with E-state index in [1.165, 1.54) is 0 Å². The lowest BCUT2D eigenvalue weighted by atomic mass is 9.93. The average molecular weight is 194 g/mol. The van der Waals surface area contributed by atoms with Crippen molar-refractivity contribution in [2.45, 2.75) is 51.9 Å². The number of carbonyl (C=O) groups is 2. The molecule has 0 bridgehead atoms. The van der Waals surface area contributed by atoms with E-state index in [0.717, 1.165) is 24.8 Å². The molecule has 2 heteroatoms. The van der Waals surface area contributed by atoms with Crippen LogP contribution in [0.2, 0.25) is 0 Å². The fourth-order valence-corrected chi connectivity index (χ4v) is 1.73. The molecule has 1 aliphatic carbocycles. The van der Waals surface area contributed by atoms with Crippen molar-refractivity contribution in [2.75, 3.05) is 0 Å². The van der Waals surface area contributed by atoms with Gasteiger partial charge in [-0.15, -0.1) is 0 Å². The molecule has 0 heterocycles. The van der Waals surface area contributed by atoms with Crippen molar-refractivity contribution < 1.29 is 9.59 Å². The van der Waals surface area contributed by atoms with E-state index < -0.39 is 0 Å². The number of rotatable bonds is 5. The smallest absolute Gasteiger partial charge is 0.158 e. The predicted octanol–water partition coefficient (Wildman–Crippen LogP) is 2.82. The van der Waals surface area contributed by atoms with Gasteiger partial charge in [0.1, 0.15) is 5.78 Å². The maximum absolute atomic E-state index is 11.4. The van der Waals surface area contributed by atoms with Crippen molar-refractivity contribution in [2.24, 2.45) is 0 Å². The summed E-state index contributed by atoms with van der Waals surface area (Å²) in [5.41, 5.74) is 0.890. The minimum atomic E-state index is 0.251. The first-order valence-corrected chi connectivity index (χ1v) is 5.48. The van der Waals surface area contributed by atoms with E-state index in [2.05, 4.69) is 0 Å². The van der Waals surface area contributed by atoms with Gasteiger partial charge in [-0.2, -0.15) is 0 Å². The molecule has 0 amide bonds. The summed E-state index contributed by atoms with van der Waals surface area (Å²) in [5, 5.41) is 0. The Morgan fingerprint density at radius 1 is 1.43 bits per heavy atom. The van der Waals surface area contributed by atoms with Crippen LogP contribution in [0.4, 0.5) is 0 Å². The Kier molecular flexibility index (Phi) is 4.57. The summed E-state index contributed by atoms with van der Waals surface area (Å²) in [5.74, 6) is 0.535. The normalized spacial score (nSPS) is 16.6. The molecule has 0 radical (unpaired) electrons. The molecular weight excluding hydrogens is 176 g/mol. The van der Waals surface area contributed by atoms with Gasteiger partial charge in [0.25, 0.3) is 0 Å². The van der Waals surface area contributed by atoms with E-state index >= 15 is 0 Å². The molecule has 0 spiro atoms. The minimum Gasteiger partial charge on any atom is -0.300 e. The maximum atomic E-state index is 11.4. The van der Waals surface area contributed by atoms with E-state index in [0.29, 0.717) is 25.7 Å². The molecule has 0 fully saturated rings. The van der Waals surface area contributed by atoms with Gasteiger partial charge >= 0.3 is 0 Å². The summed E-state index contributed by atoms with van der Waals surface area (Å²) in [4.78, 5) is 22.6. The Morgan fingerprint density at radius 2 is 2.21 bits per heavy atom. The molecule has 0 aliphatic heterocycles. The van der Waals surface area contributed by atoms with Gasteiger partial charge in [0.15, 0.2) is 5.78 Å². The number of Topliss-reactive ketones (excluding diaryl/α,β-unsaturated/α-hetero) is 2. The van der Waals surface area contributed by atoms with E-state index in [1.54, 1.807) is 0 Å². The molecule has 78 valence electrons. The molecule has 14 heavy (non-hydrogen) atoms. The van der Waals surface area contributed by atoms with Crippen LogP contribution in [-0.2, 0) is 9.59 Å². The first kappa shape index (κ1) is 11.2. The van der Waals surface area contributed by atoms with Crippen LogP contribution in [0.1, 0.15) is 51.9 Å². The lowest BCUT2D eigenvalue weighted by molar-refractivity contribution is -0.119. The molecule has 0 aromatic carbocycles. The van der Waals surface area contributed by atoms with Crippen molar-refractivity contribution in [3.8, 4) is 0 Å². The maximum Gasteiger partial charge on any atom is 0.158 e. The van der Waals surface area contributed by atoms with E-state index in [1.807, 2.05) is 13.0 Å². The molecule has 0 saturated carbocycles. The Bertz CT molecular complexity index is 251. The topological polar surface area (TPSA) is 34.1 Å². The second kappa shape index (κ2) is 5.74. The predicted molar refractivity (Wildman–Crippen MR) is 56.1 cm³/mol. The van der Waals surface area contributed by atoms with E-state index in [-0.39, 0.29) is 11.6 Å². The Labute approximate surface area is 85.4 Å². The molecule has 0 unspecified atom stereocenters. The third-order valence-electron chi connectivity index (χ3n) is 2.56. The SMILES string of the molecule is CCCC(=O)CCC1=CCCCC1=O. The van der Waals surface area contributed by atoms with Gasteiger partial charge in [0.05, 0.1) is 0 Å². The summed E-state index contributed by atoms with van der Waals surface area (Å²) in [7, 11) is 0. The van der Waals surface area contributed by atoms with Crippen molar-refractivity contribution in [1.82, 2.24) is 0 Å². The fraction of sp³-hybridized carbons (Fsp3) is 0.667. The summed E-state index contributed by atoms with van der Waals surface area (Å²) < 4.78 is 0. The summed E-state index contributed by atoms with van der Waals surface area (Å²) in [6.07, 6.45) is 7.43. The zero-order chi connectivity index (χ0) is 10.4. The third kappa shape index (κ3) is 3.44. The van der Waals surface area contributed by atoms with Crippen LogP contribution in [0.15, 0.2) is 11.6 Å². The fourth-order valence-electron chi connectivity index (χ4n) is 1.73. The molecule has 0 N–H and O–H groups in total. The van der Waals surface area contributed by atoms with Crippen LogP contribution in [0, 0.1) is 0 Å². The molecular formula is C12H18O2. The number of carbonyl (C=O) groups excluding carboxylic acids is 2. The van der Waals surface area contributed by atoms with Crippen LogP contribution in [0.3, 0.4) is 0 Å². The number of hydrogen-bond donors (Lipinski definition) is 0. The van der Waals surface area contributed by atoms with Gasteiger partial charge in [0, 0.05) is 19.3 Å². The van der Waals surface area contributed by atoms with Crippen LogP contribution in [-0.4, -0.2) is 11.6 Å². The van der Waals surface area contributed by atoms with Crippen molar-refractivity contribution >= 4 is 11.6 Å². The zero-order valence-electron chi connectivity index (χ0n) is 8.84. The Hall–Kier alpha value is -0.920. The first-order valence-electron chi connectivity index (χ1n) is 5.48. The molecule has 1 rings (SSSR count). The summed E-state index contributed by atoms with van der Waals surface area (Å²) in [6.45, 7) is 2.00. The highest BCUT2D eigenvalue weighted by atomic mass is 16.1. The lowest BCUT2D eigenvalue weighted by Gasteiger charge is -2.10. The quantitative estimate of drug-likeness (QED) is 0.674. The van der Waals surface area contributed by atoms with E-state index in [4.69, 9.17) is 0 Å². The monoisotopic (exact) mass is 194 g/mol. The molecule has 0 atom stereocenters. The number of allylic oxidation sites excluding steroid dienone is 2. The van der Waals surface area contributed by atoms with Crippen LogP contribution >= 0.6 is 0 Å². The highest BCUT2D eigenvalue weighted by Crippen LogP contribution is 2.18. The highest BCUT2D eigenvalue weighted by Gasteiger charge is 2.14. The lowest BCUT2D eigenvalue weighted by Crippen LogP contribution is -2.08. The molecule has 0 saturated heterocycles. The molecule has 0 aromatic heterocycles. The van der Waals surface area contributed by atoms with E-state index in [9.17, 15) is 9.59 Å². The second-order valence-corrected chi connectivity index (χ2v) is 3.83.